The molecule has 0 amide bonds. The summed E-state index contributed by atoms with van der Waals surface area (Å²) in [6, 6.07) is 21.5. The van der Waals surface area contributed by atoms with Crippen LogP contribution in [0.1, 0.15) is 69.7 Å². The highest BCUT2D eigenvalue weighted by atomic mass is 35.5. The van der Waals surface area contributed by atoms with E-state index < -0.39 is 0 Å². The molecule has 2 fully saturated rings. The summed E-state index contributed by atoms with van der Waals surface area (Å²) < 4.78 is 0. The molecule has 40 heavy (non-hydrogen) atoms. The third kappa shape index (κ3) is 4.28. The number of fused-ring (bicyclic) bond motifs is 3. The Labute approximate surface area is 242 Å². The fourth-order valence-corrected chi connectivity index (χ4v) is 7.22. The maximum absolute atomic E-state index is 6.66. The van der Waals surface area contributed by atoms with Gasteiger partial charge in [-0.05, 0) is 72.8 Å². The van der Waals surface area contributed by atoms with Gasteiger partial charge in [0.1, 0.15) is 22.5 Å². The molecule has 3 aromatic carbocycles. The molecule has 0 spiro atoms. The average Bonchev–Trinajstić information content (AvgIpc) is 3.74. The summed E-state index contributed by atoms with van der Waals surface area (Å²) >= 11 is 6.66. The van der Waals surface area contributed by atoms with E-state index in [1.807, 2.05) is 0 Å². The van der Waals surface area contributed by atoms with Crippen LogP contribution >= 0.6 is 11.6 Å². The number of H-pyrrole nitrogens is 2. The van der Waals surface area contributed by atoms with Crippen molar-refractivity contribution >= 4 is 49.4 Å². The van der Waals surface area contributed by atoms with Crippen LogP contribution in [0.2, 0.25) is 5.15 Å². The van der Waals surface area contributed by atoms with Gasteiger partial charge in [0.05, 0.1) is 23.1 Å². The van der Waals surface area contributed by atoms with Gasteiger partial charge in [0.25, 0.3) is 0 Å². The number of halogens is 1. The number of benzene rings is 3. The van der Waals surface area contributed by atoms with Crippen molar-refractivity contribution in [2.45, 2.75) is 70.1 Å². The highest BCUT2D eigenvalue weighted by Crippen LogP contribution is 2.38. The summed E-state index contributed by atoms with van der Waals surface area (Å²) in [6.07, 6.45) is 5.84. The fourth-order valence-electron chi connectivity index (χ4n) is 6.97. The molecule has 0 unspecified atom stereocenters. The molecule has 4 atom stereocenters. The predicted octanol–water partition coefficient (Wildman–Crippen LogP) is 5.96. The molecule has 2 saturated heterocycles. The monoisotopic (exact) mass is 548 g/mol. The number of rotatable bonds is 5. The summed E-state index contributed by atoms with van der Waals surface area (Å²) in [7, 11) is 4.41. The fraction of sp³-hybridized carbons (Fsp3) is 0.355. The highest BCUT2D eigenvalue weighted by Gasteiger charge is 2.32. The molecule has 0 bridgehead atoms. The minimum absolute atomic E-state index is 0.299. The third-order valence-corrected chi connectivity index (χ3v) is 9.92. The Morgan fingerprint density at radius 3 is 2.25 bits per heavy atom. The standard InChI is InChI=1S/C31H35B2ClN6/c1-3-22-11-15-26(40(22)33)31-36-27(29(34)38-31)19-7-5-18(6-8-19)20-9-12-23-21(16-20)10-13-24-28(23)37-30(35-24)25-14-4-17(2)39(25)32/h5-10,12-13,16-17,22,25-26H,3-4,11,14-15,32-33H2,1-2H3,(H,35,37)(H,36,38)/t17-,22-,25-,26-/m0/s1. The summed E-state index contributed by atoms with van der Waals surface area (Å²) in [4.78, 5) is 21.9. The van der Waals surface area contributed by atoms with E-state index in [9.17, 15) is 0 Å². The van der Waals surface area contributed by atoms with E-state index in [0.29, 0.717) is 29.3 Å². The predicted molar refractivity (Wildman–Crippen MR) is 170 cm³/mol. The Balaban J connectivity index is 1.15. The molecule has 2 aliphatic heterocycles. The Morgan fingerprint density at radius 2 is 1.52 bits per heavy atom. The van der Waals surface area contributed by atoms with Crippen LogP contribution in [0.25, 0.3) is 44.2 Å². The number of aromatic amines is 2. The van der Waals surface area contributed by atoms with Crippen LogP contribution in [-0.2, 0) is 0 Å². The lowest BCUT2D eigenvalue weighted by atomic mass is 9.99. The smallest absolute Gasteiger partial charge is 0.186 e. The lowest BCUT2D eigenvalue weighted by molar-refractivity contribution is 0.331. The normalized spacial score (nSPS) is 24.1. The molecule has 0 radical (unpaired) electrons. The Hall–Kier alpha value is -3.06. The molecule has 6 nitrogen and oxygen atoms in total. The number of nitrogens with zero attached hydrogens (tertiary/aromatic N) is 4. The van der Waals surface area contributed by atoms with Gasteiger partial charge in [-0.25, -0.2) is 9.97 Å². The van der Waals surface area contributed by atoms with Gasteiger partial charge in [0.15, 0.2) is 16.0 Å². The molecule has 7 rings (SSSR count). The Bertz CT molecular complexity index is 1700. The number of imidazole rings is 2. The van der Waals surface area contributed by atoms with E-state index >= 15 is 0 Å². The van der Waals surface area contributed by atoms with Gasteiger partial charge >= 0.3 is 0 Å². The van der Waals surface area contributed by atoms with E-state index in [0.717, 1.165) is 53.2 Å². The number of nitrogens with one attached hydrogen (secondary N) is 2. The summed E-state index contributed by atoms with van der Waals surface area (Å²) in [6.45, 7) is 4.55. The minimum Gasteiger partial charge on any atom is -0.341 e. The van der Waals surface area contributed by atoms with Crippen LogP contribution < -0.4 is 0 Å². The van der Waals surface area contributed by atoms with Crippen molar-refractivity contribution in [1.29, 1.82) is 0 Å². The van der Waals surface area contributed by atoms with E-state index in [1.54, 1.807) is 0 Å². The number of hydrogen-bond donors (Lipinski definition) is 2. The van der Waals surface area contributed by atoms with Crippen molar-refractivity contribution in [3.63, 3.8) is 0 Å². The molecule has 4 heterocycles. The van der Waals surface area contributed by atoms with Gasteiger partial charge in [-0.3, -0.25) is 0 Å². The zero-order chi connectivity index (χ0) is 27.5. The first kappa shape index (κ1) is 25.9. The van der Waals surface area contributed by atoms with Crippen LogP contribution in [0, 0.1) is 0 Å². The first-order valence-corrected chi connectivity index (χ1v) is 15.0. The van der Waals surface area contributed by atoms with Crippen molar-refractivity contribution in [2.24, 2.45) is 0 Å². The van der Waals surface area contributed by atoms with E-state index in [4.69, 9.17) is 21.6 Å². The molecule has 5 aromatic rings. The second-order valence-electron chi connectivity index (χ2n) is 11.8. The lowest BCUT2D eigenvalue weighted by Crippen LogP contribution is -2.28. The zero-order valence-corrected chi connectivity index (χ0v) is 24.5. The molecule has 0 saturated carbocycles. The van der Waals surface area contributed by atoms with Gasteiger partial charge in [-0.2, -0.15) is 0 Å². The Kier molecular flexibility index (Phi) is 6.53. The van der Waals surface area contributed by atoms with E-state index in [1.165, 1.54) is 34.7 Å². The molecular weight excluding hydrogens is 513 g/mol. The molecule has 2 aliphatic rings. The number of hydrogen-bond acceptors (Lipinski definition) is 4. The molecule has 2 N–H and O–H groups in total. The quantitative estimate of drug-likeness (QED) is 0.266. The van der Waals surface area contributed by atoms with Crippen molar-refractivity contribution in [2.75, 3.05) is 0 Å². The van der Waals surface area contributed by atoms with Crippen LogP contribution in [0.5, 0.6) is 0 Å². The second kappa shape index (κ2) is 10.1. The van der Waals surface area contributed by atoms with E-state index in [-0.39, 0.29) is 0 Å². The molecule has 9 heteroatoms. The van der Waals surface area contributed by atoms with Crippen molar-refractivity contribution in [3.8, 4) is 22.4 Å². The van der Waals surface area contributed by atoms with Crippen LogP contribution in [-0.4, -0.2) is 57.6 Å². The van der Waals surface area contributed by atoms with Crippen molar-refractivity contribution in [3.05, 3.63) is 71.4 Å². The third-order valence-electron chi connectivity index (χ3n) is 9.64. The first-order chi connectivity index (χ1) is 19.4. The molecule has 2 aromatic heterocycles. The summed E-state index contributed by atoms with van der Waals surface area (Å²) in [5, 5.41) is 3.00. The second-order valence-corrected chi connectivity index (χ2v) is 12.2. The van der Waals surface area contributed by atoms with Crippen LogP contribution in [0.15, 0.2) is 54.6 Å². The number of aromatic nitrogens is 4. The first-order valence-electron chi connectivity index (χ1n) is 14.6. The van der Waals surface area contributed by atoms with Gasteiger partial charge in [-0.15, -0.1) is 0 Å². The molecule has 0 aliphatic carbocycles. The molecular formula is C31H35B2ClN6. The summed E-state index contributed by atoms with van der Waals surface area (Å²) in [5.41, 5.74) is 6.38. The van der Waals surface area contributed by atoms with Gasteiger partial charge in [0, 0.05) is 10.9 Å². The summed E-state index contributed by atoms with van der Waals surface area (Å²) in [5.74, 6) is 2.05. The van der Waals surface area contributed by atoms with Crippen LogP contribution in [0.4, 0.5) is 0 Å². The van der Waals surface area contributed by atoms with Gasteiger partial charge in [0.2, 0.25) is 0 Å². The largest absolute Gasteiger partial charge is 0.341 e. The molecule has 202 valence electrons. The van der Waals surface area contributed by atoms with Gasteiger partial charge < -0.3 is 19.6 Å². The highest BCUT2D eigenvalue weighted by molar-refractivity contribution is 6.32. The maximum atomic E-state index is 6.66. The lowest BCUT2D eigenvalue weighted by Gasteiger charge is -2.23. The van der Waals surface area contributed by atoms with Crippen LogP contribution in [0.3, 0.4) is 0 Å². The van der Waals surface area contributed by atoms with Crippen molar-refractivity contribution in [1.82, 2.24) is 29.6 Å². The average molecular weight is 549 g/mol. The topological polar surface area (TPSA) is 63.8 Å². The minimum atomic E-state index is 0.299. The van der Waals surface area contributed by atoms with Crippen molar-refractivity contribution < 1.29 is 0 Å². The maximum Gasteiger partial charge on any atom is 0.186 e. The SMILES string of the molecule is BN1[C@@H](CC)CC[C@H]1c1nc(-c2ccc(-c3ccc4c(ccc5[nH]c([C@@H]6CC[C@H](C)N6B)nc54)c3)cc2)c(Cl)[nH]1. The Morgan fingerprint density at radius 1 is 0.825 bits per heavy atom. The van der Waals surface area contributed by atoms with Gasteiger partial charge in [-0.1, -0.05) is 67.9 Å². The zero-order valence-electron chi connectivity index (χ0n) is 23.7. The van der Waals surface area contributed by atoms with E-state index in [2.05, 4.69) is 104 Å².